The molecule has 0 atom stereocenters. The lowest BCUT2D eigenvalue weighted by molar-refractivity contribution is 0.589. The van der Waals surface area contributed by atoms with Crippen molar-refractivity contribution in [1.29, 1.82) is 0 Å². The summed E-state index contributed by atoms with van der Waals surface area (Å²) in [5, 5.41) is 1.88. The van der Waals surface area contributed by atoms with E-state index in [-0.39, 0.29) is 11.0 Å². The number of aromatic nitrogens is 1. The van der Waals surface area contributed by atoms with Crippen LogP contribution in [0.1, 0.15) is 26.3 Å². The molecule has 0 unspecified atom stereocenters. The van der Waals surface area contributed by atoms with E-state index in [0.717, 1.165) is 39.7 Å². The lowest BCUT2D eigenvalue weighted by Crippen LogP contribution is -2.11. The van der Waals surface area contributed by atoms with E-state index >= 15 is 0 Å². The van der Waals surface area contributed by atoms with Crippen LogP contribution >= 0.6 is 0 Å². The van der Waals surface area contributed by atoms with E-state index in [0.29, 0.717) is 11.1 Å². The van der Waals surface area contributed by atoms with Crippen LogP contribution in [0.2, 0.25) is 0 Å². The van der Waals surface area contributed by atoms with Gasteiger partial charge < -0.3 is 4.42 Å². The molecule has 154 valence electrons. The van der Waals surface area contributed by atoms with Gasteiger partial charge in [-0.15, -0.1) is 0 Å². The average Bonchev–Trinajstić information content (AvgIpc) is 3.13. The van der Waals surface area contributed by atoms with Gasteiger partial charge in [-0.1, -0.05) is 39.0 Å². The first-order valence-corrected chi connectivity index (χ1v) is 10.2. The summed E-state index contributed by atoms with van der Waals surface area (Å²) in [5.41, 5.74) is 5.06. The first-order valence-electron chi connectivity index (χ1n) is 10.2. The zero-order valence-corrected chi connectivity index (χ0v) is 17.5. The van der Waals surface area contributed by atoms with Crippen molar-refractivity contribution >= 4 is 21.9 Å². The Balaban J connectivity index is 1.70. The van der Waals surface area contributed by atoms with Crippen molar-refractivity contribution in [3.63, 3.8) is 0 Å². The van der Waals surface area contributed by atoms with Crippen LogP contribution in [0.5, 0.6) is 0 Å². The van der Waals surface area contributed by atoms with Gasteiger partial charge in [0.05, 0.1) is 5.69 Å². The highest BCUT2D eigenvalue weighted by molar-refractivity contribution is 6.10. The number of furan rings is 1. The fraction of sp³-hybridized carbons (Fsp3) is 0.148. The minimum Gasteiger partial charge on any atom is -0.455 e. The third kappa shape index (κ3) is 3.38. The third-order valence-electron chi connectivity index (χ3n) is 5.64. The summed E-state index contributed by atoms with van der Waals surface area (Å²) < 4.78 is 34.2. The SMILES string of the molecule is CC(C)(C)c1ccnc(-c2cccc3c2oc2cc(-c4cc(F)ccc4F)ccc23)c1. The molecule has 2 heterocycles. The fourth-order valence-electron chi connectivity index (χ4n) is 3.93. The van der Waals surface area contributed by atoms with Crippen LogP contribution in [-0.4, -0.2) is 4.98 Å². The molecule has 0 saturated heterocycles. The van der Waals surface area contributed by atoms with Gasteiger partial charge in [0.1, 0.15) is 22.8 Å². The number of hydrogen-bond donors (Lipinski definition) is 0. The smallest absolute Gasteiger partial charge is 0.144 e. The summed E-state index contributed by atoms with van der Waals surface area (Å²) in [6.07, 6.45) is 1.82. The van der Waals surface area contributed by atoms with Gasteiger partial charge in [0.15, 0.2) is 0 Å². The Kier molecular flexibility index (Phi) is 4.40. The normalized spacial score (nSPS) is 12.0. The minimum atomic E-state index is -0.479. The van der Waals surface area contributed by atoms with Crippen molar-refractivity contribution in [3.05, 3.63) is 90.1 Å². The van der Waals surface area contributed by atoms with E-state index in [2.05, 4.69) is 31.8 Å². The van der Waals surface area contributed by atoms with Crippen LogP contribution < -0.4 is 0 Å². The molecular weight excluding hydrogens is 392 g/mol. The van der Waals surface area contributed by atoms with Gasteiger partial charge in [-0.3, -0.25) is 4.98 Å². The van der Waals surface area contributed by atoms with Crippen LogP contribution in [0.25, 0.3) is 44.3 Å². The molecule has 0 radical (unpaired) electrons. The molecule has 31 heavy (non-hydrogen) atoms. The first-order chi connectivity index (χ1) is 14.8. The number of rotatable bonds is 2. The van der Waals surface area contributed by atoms with E-state index in [9.17, 15) is 8.78 Å². The maximum atomic E-state index is 14.3. The molecule has 0 spiro atoms. The molecule has 0 aliphatic heterocycles. The van der Waals surface area contributed by atoms with Crippen molar-refractivity contribution < 1.29 is 13.2 Å². The Morgan fingerprint density at radius 3 is 2.45 bits per heavy atom. The molecule has 0 bridgehead atoms. The number of nitrogens with zero attached hydrogens (tertiary/aromatic N) is 1. The molecule has 3 aromatic carbocycles. The number of hydrogen-bond acceptors (Lipinski definition) is 2. The molecule has 0 fully saturated rings. The maximum absolute atomic E-state index is 14.3. The van der Waals surface area contributed by atoms with Gasteiger partial charge in [0.25, 0.3) is 0 Å². The zero-order valence-electron chi connectivity index (χ0n) is 17.5. The van der Waals surface area contributed by atoms with Gasteiger partial charge in [-0.05, 0) is 65.1 Å². The van der Waals surface area contributed by atoms with Crippen LogP contribution in [0, 0.1) is 11.6 Å². The van der Waals surface area contributed by atoms with Gasteiger partial charge in [0, 0.05) is 28.1 Å². The second-order valence-corrected chi connectivity index (χ2v) is 8.80. The lowest BCUT2D eigenvalue weighted by Gasteiger charge is -2.19. The van der Waals surface area contributed by atoms with E-state index in [1.165, 1.54) is 11.6 Å². The minimum absolute atomic E-state index is 0.00337. The summed E-state index contributed by atoms with van der Waals surface area (Å²) in [4.78, 5) is 4.58. The molecule has 4 heteroatoms. The highest BCUT2D eigenvalue weighted by atomic mass is 19.1. The second-order valence-electron chi connectivity index (χ2n) is 8.80. The topological polar surface area (TPSA) is 26.0 Å². The standard InChI is InChI=1S/C27H21F2NO/c1-27(2,3)17-11-12-30-24(14-17)21-6-4-5-20-19-9-7-16(13-25(19)31-26(20)21)22-15-18(28)8-10-23(22)29/h4-15H,1-3H3. The highest BCUT2D eigenvalue weighted by Gasteiger charge is 2.18. The molecule has 5 rings (SSSR count). The van der Waals surface area contributed by atoms with Crippen LogP contribution in [-0.2, 0) is 5.41 Å². The third-order valence-corrected chi connectivity index (χ3v) is 5.64. The summed E-state index contributed by atoms with van der Waals surface area (Å²) in [7, 11) is 0. The number of para-hydroxylation sites is 1. The molecular formula is C27H21F2NO. The number of halogens is 2. The second kappa shape index (κ2) is 7.02. The molecule has 0 amide bonds. The number of fused-ring (bicyclic) bond motifs is 3. The van der Waals surface area contributed by atoms with E-state index < -0.39 is 11.6 Å². The average molecular weight is 413 g/mol. The number of pyridine rings is 1. The Morgan fingerprint density at radius 2 is 1.65 bits per heavy atom. The van der Waals surface area contributed by atoms with Gasteiger partial charge >= 0.3 is 0 Å². The fourth-order valence-corrected chi connectivity index (χ4v) is 3.93. The molecule has 0 N–H and O–H groups in total. The maximum Gasteiger partial charge on any atom is 0.144 e. The summed E-state index contributed by atoms with van der Waals surface area (Å²) in [6, 6.07) is 19.0. The molecule has 0 saturated carbocycles. The lowest BCUT2D eigenvalue weighted by atomic mass is 9.87. The predicted octanol–water partition coefficient (Wildman–Crippen LogP) is 7.89. The van der Waals surface area contributed by atoms with Crippen molar-refractivity contribution in [2.45, 2.75) is 26.2 Å². The highest BCUT2D eigenvalue weighted by Crippen LogP contribution is 2.38. The Hall–Kier alpha value is -3.53. The van der Waals surface area contributed by atoms with Crippen LogP contribution in [0.3, 0.4) is 0 Å². The summed E-state index contributed by atoms with van der Waals surface area (Å²) in [6.45, 7) is 6.50. The van der Waals surface area contributed by atoms with Gasteiger partial charge in [-0.2, -0.15) is 0 Å². The Labute approximate surface area is 179 Å². The van der Waals surface area contributed by atoms with E-state index in [1.807, 2.05) is 36.5 Å². The monoisotopic (exact) mass is 413 g/mol. The molecule has 0 aliphatic rings. The Morgan fingerprint density at radius 1 is 0.806 bits per heavy atom. The summed E-state index contributed by atoms with van der Waals surface area (Å²) >= 11 is 0. The Bertz CT molecular complexity index is 1440. The summed E-state index contributed by atoms with van der Waals surface area (Å²) in [5.74, 6) is -0.950. The molecule has 0 aliphatic carbocycles. The van der Waals surface area contributed by atoms with E-state index in [4.69, 9.17) is 4.42 Å². The van der Waals surface area contributed by atoms with Crippen LogP contribution in [0.4, 0.5) is 8.78 Å². The largest absolute Gasteiger partial charge is 0.455 e. The van der Waals surface area contributed by atoms with Gasteiger partial charge in [0.2, 0.25) is 0 Å². The number of benzene rings is 3. The molecule has 5 aromatic rings. The van der Waals surface area contributed by atoms with Crippen molar-refractivity contribution in [1.82, 2.24) is 4.98 Å². The zero-order chi connectivity index (χ0) is 21.8. The first kappa shape index (κ1) is 19.4. The van der Waals surface area contributed by atoms with Crippen molar-refractivity contribution in [3.8, 4) is 22.4 Å². The van der Waals surface area contributed by atoms with Crippen LogP contribution in [0.15, 0.2) is 77.3 Å². The van der Waals surface area contributed by atoms with Crippen molar-refractivity contribution in [2.75, 3.05) is 0 Å². The molecule has 2 aromatic heterocycles. The van der Waals surface area contributed by atoms with Crippen molar-refractivity contribution in [2.24, 2.45) is 0 Å². The van der Waals surface area contributed by atoms with E-state index in [1.54, 1.807) is 12.1 Å². The predicted molar refractivity (Wildman–Crippen MR) is 121 cm³/mol. The molecule has 2 nitrogen and oxygen atoms in total. The quantitative estimate of drug-likeness (QED) is 0.294. The van der Waals surface area contributed by atoms with Gasteiger partial charge in [-0.25, -0.2) is 8.78 Å².